The van der Waals surface area contributed by atoms with Crippen LogP contribution in [0.25, 0.3) is 16.7 Å². The van der Waals surface area contributed by atoms with Gasteiger partial charge in [0.25, 0.3) is 5.91 Å². The standard InChI is InChI=1S/C21H26N6O2S/c1-21(2,3)12-27-17-10-9-15(23-18(17)26(4)20(27)29)13-5-7-14(8-6-13)22-19(28)16-11-30-25-24-16/h5,9-11,14H,6-8,12H2,1-4H3,(H,22,28). The molecule has 0 fully saturated rings. The molecule has 3 aromatic rings. The zero-order valence-corrected chi connectivity index (χ0v) is 18.5. The Kier molecular flexibility index (Phi) is 5.31. The number of allylic oxidation sites excluding steroid dienone is 1. The van der Waals surface area contributed by atoms with Gasteiger partial charge in [-0.15, -0.1) is 5.10 Å². The van der Waals surface area contributed by atoms with Crippen molar-refractivity contribution in [2.24, 2.45) is 12.5 Å². The number of pyridine rings is 1. The van der Waals surface area contributed by atoms with E-state index in [1.54, 1.807) is 21.6 Å². The van der Waals surface area contributed by atoms with Crippen LogP contribution in [0, 0.1) is 5.41 Å². The molecule has 9 heteroatoms. The summed E-state index contributed by atoms with van der Waals surface area (Å²) in [5.74, 6) is -0.180. The first-order valence-electron chi connectivity index (χ1n) is 10.1. The molecular formula is C21H26N6O2S. The van der Waals surface area contributed by atoms with Crippen LogP contribution in [0.5, 0.6) is 0 Å². The second-order valence-corrected chi connectivity index (χ2v) is 9.60. The number of carbonyl (C=O) groups is 1. The van der Waals surface area contributed by atoms with E-state index in [-0.39, 0.29) is 23.1 Å². The third-order valence-corrected chi connectivity index (χ3v) is 5.79. The van der Waals surface area contributed by atoms with Crippen molar-refractivity contribution in [2.75, 3.05) is 0 Å². The number of fused-ring (bicyclic) bond motifs is 1. The van der Waals surface area contributed by atoms with Crippen LogP contribution < -0.4 is 11.0 Å². The summed E-state index contributed by atoms with van der Waals surface area (Å²) in [6.07, 6.45) is 4.52. The number of rotatable bonds is 4. The van der Waals surface area contributed by atoms with Crippen LogP contribution in [0.15, 0.2) is 28.4 Å². The molecule has 1 N–H and O–H groups in total. The van der Waals surface area contributed by atoms with E-state index in [2.05, 4.69) is 41.8 Å². The first kappa shape index (κ1) is 20.5. The fraction of sp³-hybridized carbons (Fsp3) is 0.476. The maximum absolute atomic E-state index is 12.7. The molecule has 3 aromatic heterocycles. The normalized spacial score (nSPS) is 17.2. The van der Waals surface area contributed by atoms with Crippen molar-refractivity contribution in [3.63, 3.8) is 0 Å². The fourth-order valence-corrected chi connectivity index (χ4v) is 4.24. The molecule has 0 bridgehead atoms. The minimum Gasteiger partial charge on any atom is -0.348 e. The molecule has 0 spiro atoms. The van der Waals surface area contributed by atoms with Crippen molar-refractivity contribution in [1.82, 2.24) is 29.0 Å². The van der Waals surface area contributed by atoms with Gasteiger partial charge in [-0.25, -0.2) is 9.78 Å². The number of imidazole rings is 1. The smallest absolute Gasteiger partial charge is 0.330 e. The summed E-state index contributed by atoms with van der Waals surface area (Å²) in [6, 6.07) is 4.06. The quantitative estimate of drug-likeness (QED) is 0.692. The summed E-state index contributed by atoms with van der Waals surface area (Å²) in [6.45, 7) is 7.00. The first-order chi connectivity index (χ1) is 14.2. The van der Waals surface area contributed by atoms with Gasteiger partial charge >= 0.3 is 5.69 Å². The molecular weight excluding hydrogens is 400 g/mol. The van der Waals surface area contributed by atoms with Gasteiger partial charge in [-0.1, -0.05) is 31.3 Å². The molecule has 158 valence electrons. The van der Waals surface area contributed by atoms with E-state index in [4.69, 9.17) is 4.98 Å². The number of nitrogens with zero attached hydrogens (tertiary/aromatic N) is 5. The Morgan fingerprint density at radius 1 is 1.33 bits per heavy atom. The molecule has 0 aromatic carbocycles. The Labute approximate surface area is 178 Å². The van der Waals surface area contributed by atoms with Gasteiger partial charge in [-0.05, 0) is 53.9 Å². The molecule has 1 unspecified atom stereocenters. The highest BCUT2D eigenvalue weighted by Crippen LogP contribution is 2.28. The number of aromatic nitrogens is 5. The van der Waals surface area contributed by atoms with Crippen molar-refractivity contribution in [1.29, 1.82) is 0 Å². The molecule has 0 aliphatic heterocycles. The lowest BCUT2D eigenvalue weighted by atomic mass is 9.93. The second kappa shape index (κ2) is 7.79. The monoisotopic (exact) mass is 426 g/mol. The summed E-state index contributed by atoms with van der Waals surface area (Å²) in [4.78, 5) is 29.7. The molecule has 1 amide bonds. The van der Waals surface area contributed by atoms with Gasteiger partial charge < -0.3 is 5.32 Å². The van der Waals surface area contributed by atoms with Crippen molar-refractivity contribution in [2.45, 2.75) is 52.6 Å². The number of nitrogens with one attached hydrogen (secondary N) is 1. The van der Waals surface area contributed by atoms with Crippen LogP contribution in [0.1, 0.15) is 56.2 Å². The molecule has 4 rings (SSSR count). The molecule has 1 aliphatic rings. The second-order valence-electron chi connectivity index (χ2n) is 8.99. The summed E-state index contributed by atoms with van der Waals surface area (Å²) in [5.41, 5.74) is 3.92. The topological polar surface area (TPSA) is 94.7 Å². The lowest BCUT2D eigenvalue weighted by Crippen LogP contribution is -2.35. The number of carbonyl (C=O) groups excluding carboxylic acids is 1. The van der Waals surface area contributed by atoms with E-state index in [0.29, 0.717) is 17.9 Å². The third kappa shape index (κ3) is 4.07. The van der Waals surface area contributed by atoms with Gasteiger partial charge in [-0.2, -0.15) is 0 Å². The van der Waals surface area contributed by atoms with E-state index in [1.807, 2.05) is 12.1 Å². The fourth-order valence-electron chi connectivity index (χ4n) is 3.80. The number of aryl methyl sites for hydroxylation is 1. The highest BCUT2D eigenvalue weighted by Gasteiger charge is 2.22. The number of amides is 1. The Morgan fingerprint density at radius 3 is 2.77 bits per heavy atom. The van der Waals surface area contributed by atoms with Crippen LogP contribution in [-0.2, 0) is 13.6 Å². The number of hydrogen-bond acceptors (Lipinski definition) is 6. The third-order valence-electron chi connectivity index (χ3n) is 5.28. The van der Waals surface area contributed by atoms with Crippen molar-refractivity contribution in [3.8, 4) is 0 Å². The number of hydrogen-bond donors (Lipinski definition) is 1. The summed E-state index contributed by atoms with van der Waals surface area (Å²) < 4.78 is 7.16. The lowest BCUT2D eigenvalue weighted by molar-refractivity contribution is 0.0930. The van der Waals surface area contributed by atoms with E-state index >= 15 is 0 Å². The van der Waals surface area contributed by atoms with E-state index in [1.165, 1.54) is 11.5 Å². The Morgan fingerprint density at radius 2 is 2.13 bits per heavy atom. The summed E-state index contributed by atoms with van der Waals surface area (Å²) in [7, 11) is 1.77. The molecule has 1 aliphatic carbocycles. The first-order valence-corrected chi connectivity index (χ1v) is 10.9. The highest BCUT2D eigenvalue weighted by atomic mass is 32.1. The molecule has 8 nitrogen and oxygen atoms in total. The van der Waals surface area contributed by atoms with Gasteiger partial charge in [0, 0.05) is 25.0 Å². The average Bonchev–Trinajstić information content (AvgIpc) is 3.32. The summed E-state index contributed by atoms with van der Waals surface area (Å²) in [5, 5.41) is 8.48. The molecule has 30 heavy (non-hydrogen) atoms. The lowest BCUT2D eigenvalue weighted by Gasteiger charge is -2.22. The Balaban J connectivity index is 1.54. The zero-order chi connectivity index (χ0) is 21.5. The van der Waals surface area contributed by atoms with E-state index < -0.39 is 0 Å². The Bertz CT molecular complexity index is 1170. The van der Waals surface area contributed by atoms with Crippen molar-refractivity contribution in [3.05, 3.63) is 45.5 Å². The molecule has 1 atom stereocenters. The van der Waals surface area contributed by atoms with Crippen LogP contribution >= 0.6 is 11.5 Å². The molecule has 3 heterocycles. The largest absolute Gasteiger partial charge is 0.348 e. The maximum atomic E-state index is 12.7. The van der Waals surface area contributed by atoms with Gasteiger partial charge in [0.1, 0.15) is 0 Å². The van der Waals surface area contributed by atoms with E-state index in [9.17, 15) is 9.59 Å². The average molecular weight is 427 g/mol. The van der Waals surface area contributed by atoms with Crippen molar-refractivity contribution < 1.29 is 4.79 Å². The minimum absolute atomic E-state index is 0.00324. The zero-order valence-electron chi connectivity index (χ0n) is 17.7. The van der Waals surface area contributed by atoms with Gasteiger partial charge in [-0.3, -0.25) is 13.9 Å². The van der Waals surface area contributed by atoms with Gasteiger partial charge in [0.05, 0.1) is 11.2 Å². The SMILES string of the molecule is Cn1c(=O)n(CC(C)(C)C)c2ccc(C3=CCC(NC(=O)c4csnn4)CC3)nc21. The maximum Gasteiger partial charge on any atom is 0.330 e. The minimum atomic E-state index is -0.180. The highest BCUT2D eigenvalue weighted by molar-refractivity contribution is 7.03. The molecule has 0 radical (unpaired) electrons. The van der Waals surface area contributed by atoms with Gasteiger partial charge in [0.2, 0.25) is 0 Å². The predicted octanol–water partition coefficient (Wildman–Crippen LogP) is 3.00. The van der Waals surface area contributed by atoms with Gasteiger partial charge in [0.15, 0.2) is 11.3 Å². The van der Waals surface area contributed by atoms with Crippen LogP contribution in [0.3, 0.4) is 0 Å². The molecule has 0 saturated carbocycles. The van der Waals surface area contributed by atoms with Crippen LogP contribution in [-0.4, -0.2) is 35.7 Å². The summed E-state index contributed by atoms with van der Waals surface area (Å²) >= 11 is 1.17. The van der Waals surface area contributed by atoms with Crippen LogP contribution in [0.2, 0.25) is 0 Å². The molecule has 0 saturated heterocycles. The van der Waals surface area contributed by atoms with Crippen LogP contribution in [0.4, 0.5) is 0 Å². The predicted molar refractivity (Wildman–Crippen MR) is 117 cm³/mol. The van der Waals surface area contributed by atoms with Crippen molar-refractivity contribution >= 4 is 34.2 Å². The van der Waals surface area contributed by atoms with E-state index in [0.717, 1.165) is 36.0 Å². The Hall–Kier alpha value is -2.81.